The predicted molar refractivity (Wildman–Crippen MR) is 98.0 cm³/mol. The number of nitrogens with zero attached hydrogens (tertiary/aromatic N) is 5. The lowest BCUT2D eigenvalue weighted by atomic mass is 10.2. The molecule has 0 amide bonds. The topological polar surface area (TPSA) is 94.1 Å². The third-order valence-corrected chi connectivity index (χ3v) is 4.94. The molecule has 0 atom stereocenters. The zero-order valence-corrected chi connectivity index (χ0v) is 15.8. The maximum Gasteiger partial charge on any atom is 0.247 e. The van der Waals surface area contributed by atoms with Gasteiger partial charge in [-0.1, -0.05) is 25.1 Å². The molecule has 0 saturated heterocycles. The summed E-state index contributed by atoms with van der Waals surface area (Å²) < 4.78 is 33.2. The van der Waals surface area contributed by atoms with Crippen molar-refractivity contribution in [3.8, 4) is 11.5 Å². The van der Waals surface area contributed by atoms with E-state index < -0.39 is 10.0 Å². The van der Waals surface area contributed by atoms with Crippen LogP contribution in [0.4, 0.5) is 5.82 Å². The first-order valence-corrected chi connectivity index (χ1v) is 10.1. The minimum absolute atomic E-state index is 0.0682. The fourth-order valence-electron chi connectivity index (χ4n) is 2.56. The van der Waals surface area contributed by atoms with Gasteiger partial charge in [0.2, 0.25) is 21.8 Å². The van der Waals surface area contributed by atoms with Crippen LogP contribution in [0.15, 0.2) is 40.8 Å². The third kappa shape index (κ3) is 3.93. The van der Waals surface area contributed by atoms with Gasteiger partial charge < -0.3 is 4.42 Å². The number of benzene rings is 1. The van der Waals surface area contributed by atoms with Crippen molar-refractivity contribution in [1.29, 1.82) is 0 Å². The summed E-state index contributed by atoms with van der Waals surface area (Å²) in [7, 11) is -3.56. The van der Waals surface area contributed by atoms with Crippen LogP contribution in [-0.2, 0) is 23.1 Å². The molecular weight excluding hydrogens is 354 g/mol. The summed E-state index contributed by atoms with van der Waals surface area (Å²) in [5, 5.41) is 12.4. The molecule has 0 N–H and O–H groups in total. The van der Waals surface area contributed by atoms with Gasteiger partial charge in [0, 0.05) is 23.9 Å². The van der Waals surface area contributed by atoms with Crippen LogP contribution in [-0.4, -0.2) is 34.7 Å². The lowest BCUT2D eigenvalue weighted by Crippen LogP contribution is -2.30. The first-order valence-electron chi connectivity index (χ1n) is 8.28. The second kappa shape index (κ2) is 7.28. The number of rotatable bonds is 7. The number of sulfonamides is 1. The minimum atomic E-state index is -3.56. The molecule has 3 aromatic rings. The fourth-order valence-corrected chi connectivity index (χ4v) is 3.33. The van der Waals surface area contributed by atoms with Crippen molar-refractivity contribution >= 4 is 15.8 Å². The first kappa shape index (κ1) is 18.1. The molecule has 0 aliphatic rings. The van der Waals surface area contributed by atoms with Crippen LogP contribution in [0.2, 0.25) is 0 Å². The van der Waals surface area contributed by atoms with Crippen molar-refractivity contribution in [2.24, 2.45) is 0 Å². The lowest BCUT2D eigenvalue weighted by Gasteiger charge is -2.17. The summed E-state index contributed by atoms with van der Waals surface area (Å²) in [5.41, 5.74) is 1.67. The Balaban J connectivity index is 1.89. The molecule has 1 aromatic carbocycles. The minimum Gasteiger partial charge on any atom is -0.419 e. The molecular formula is C17H21N5O3S. The van der Waals surface area contributed by atoms with Crippen LogP contribution >= 0.6 is 0 Å². The van der Waals surface area contributed by atoms with Gasteiger partial charge in [0.05, 0.1) is 6.26 Å². The standard InChI is InChI=1S/C17H21N5O3S/c1-4-10-21-13(2)11-15(20-21)22(26(3,23)24)12-16-18-19-17(25-16)14-8-6-5-7-9-14/h5-9,11H,4,10,12H2,1-3H3. The van der Waals surface area contributed by atoms with Gasteiger partial charge in [0.25, 0.3) is 0 Å². The highest BCUT2D eigenvalue weighted by Crippen LogP contribution is 2.22. The van der Waals surface area contributed by atoms with E-state index >= 15 is 0 Å². The zero-order chi connectivity index (χ0) is 18.7. The van der Waals surface area contributed by atoms with E-state index in [1.54, 1.807) is 10.7 Å². The van der Waals surface area contributed by atoms with E-state index in [0.717, 1.165) is 30.5 Å². The lowest BCUT2D eigenvalue weighted by molar-refractivity contribution is 0.504. The summed E-state index contributed by atoms with van der Waals surface area (Å²) in [4.78, 5) is 0. The van der Waals surface area contributed by atoms with Crippen molar-refractivity contribution in [2.75, 3.05) is 10.6 Å². The average Bonchev–Trinajstić information content (AvgIpc) is 3.20. The molecule has 3 rings (SSSR count). The molecule has 138 valence electrons. The van der Waals surface area contributed by atoms with Crippen LogP contribution in [0.3, 0.4) is 0 Å². The Labute approximate surface area is 152 Å². The molecule has 2 heterocycles. The number of hydrogen-bond donors (Lipinski definition) is 0. The molecule has 0 unspecified atom stereocenters. The Morgan fingerprint density at radius 1 is 1.19 bits per heavy atom. The number of aryl methyl sites for hydroxylation is 2. The van der Waals surface area contributed by atoms with Gasteiger partial charge in [0.15, 0.2) is 5.82 Å². The van der Waals surface area contributed by atoms with Crippen LogP contribution in [0.1, 0.15) is 24.9 Å². The number of aromatic nitrogens is 4. The van der Waals surface area contributed by atoms with E-state index in [0.29, 0.717) is 11.7 Å². The molecule has 9 heteroatoms. The van der Waals surface area contributed by atoms with Gasteiger partial charge in [-0.25, -0.2) is 12.7 Å². The molecule has 0 fully saturated rings. The zero-order valence-electron chi connectivity index (χ0n) is 15.0. The Bertz CT molecular complexity index is 979. The fraction of sp³-hybridized carbons (Fsp3) is 0.353. The van der Waals surface area contributed by atoms with Gasteiger partial charge in [-0.05, 0) is 25.5 Å². The predicted octanol–water partition coefficient (Wildman–Crippen LogP) is 2.62. The van der Waals surface area contributed by atoms with Gasteiger partial charge >= 0.3 is 0 Å². The second-order valence-corrected chi connectivity index (χ2v) is 7.91. The van der Waals surface area contributed by atoms with Gasteiger partial charge in [-0.15, -0.1) is 10.2 Å². The average molecular weight is 375 g/mol. The molecule has 0 aliphatic carbocycles. The van der Waals surface area contributed by atoms with Crippen LogP contribution in [0, 0.1) is 6.92 Å². The highest BCUT2D eigenvalue weighted by atomic mass is 32.2. The van der Waals surface area contributed by atoms with Crippen molar-refractivity contribution < 1.29 is 12.8 Å². The molecule has 8 nitrogen and oxygen atoms in total. The van der Waals surface area contributed by atoms with E-state index in [9.17, 15) is 8.42 Å². The van der Waals surface area contributed by atoms with Crippen LogP contribution in [0.25, 0.3) is 11.5 Å². The van der Waals surface area contributed by atoms with Crippen molar-refractivity contribution in [3.05, 3.63) is 48.0 Å². The van der Waals surface area contributed by atoms with Crippen molar-refractivity contribution in [1.82, 2.24) is 20.0 Å². The summed E-state index contributed by atoms with van der Waals surface area (Å²) in [6.07, 6.45) is 2.04. The summed E-state index contributed by atoms with van der Waals surface area (Å²) in [6.45, 7) is 4.59. The Kier molecular flexibility index (Phi) is 5.08. The Morgan fingerprint density at radius 2 is 1.92 bits per heavy atom. The molecule has 0 saturated carbocycles. The highest BCUT2D eigenvalue weighted by Gasteiger charge is 2.24. The van der Waals surface area contributed by atoms with E-state index in [2.05, 4.69) is 15.3 Å². The summed E-state index contributed by atoms with van der Waals surface area (Å²) in [6, 6.07) is 11.1. The molecule has 2 aromatic heterocycles. The summed E-state index contributed by atoms with van der Waals surface area (Å²) in [5.74, 6) is 0.900. The monoisotopic (exact) mass is 375 g/mol. The van der Waals surface area contributed by atoms with Gasteiger partial charge in [-0.3, -0.25) is 4.68 Å². The second-order valence-electron chi connectivity index (χ2n) is 6.00. The van der Waals surface area contributed by atoms with E-state index in [-0.39, 0.29) is 12.4 Å². The maximum absolute atomic E-state index is 12.3. The molecule has 26 heavy (non-hydrogen) atoms. The van der Waals surface area contributed by atoms with Gasteiger partial charge in [0.1, 0.15) is 6.54 Å². The maximum atomic E-state index is 12.3. The Hall–Kier alpha value is -2.68. The number of anilines is 1. The van der Waals surface area contributed by atoms with Gasteiger partial charge in [-0.2, -0.15) is 5.10 Å². The number of hydrogen-bond acceptors (Lipinski definition) is 6. The van der Waals surface area contributed by atoms with Crippen LogP contribution in [0.5, 0.6) is 0 Å². The highest BCUT2D eigenvalue weighted by molar-refractivity contribution is 7.92. The third-order valence-electron chi connectivity index (χ3n) is 3.83. The Morgan fingerprint density at radius 3 is 2.58 bits per heavy atom. The molecule has 0 spiro atoms. The largest absolute Gasteiger partial charge is 0.419 e. The van der Waals surface area contributed by atoms with E-state index in [1.165, 1.54) is 4.31 Å². The quantitative estimate of drug-likeness (QED) is 0.630. The smallest absolute Gasteiger partial charge is 0.247 e. The summed E-state index contributed by atoms with van der Waals surface area (Å²) >= 11 is 0. The molecule has 0 radical (unpaired) electrons. The molecule has 0 bridgehead atoms. The van der Waals surface area contributed by atoms with Crippen molar-refractivity contribution in [2.45, 2.75) is 33.4 Å². The van der Waals surface area contributed by atoms with E-state index in [1.807, 2.05) is 44.2 Å². The molecule has 0 aliphatic heterocycles. The SMILES string of the molecule is CCCn1nc(N(Cc2nnc(-c3ccccc3)o2)S(C)(=O)=O)cc1C. The normalized spacial score (nSPS) is 11.7. The van der Waals surface area contributed by atoms with Crippen molar-refractivity contribution in [3.63, 3.8) is 0 Å². The van der Waals surface area contributed by atoms with E-state index in [4.69, 9.17) is 4.42 Å². The van der Waals surface area contributed by atoms with Crippen LogP contribution < -0.4 is 4.31 Å². The first-order chi connectivity index (χ1) is 12.4.